The molecule has 0 radical (unpaired) electrons. The number of phenols is 1. The van der Waals surface area contributed by atoms with Crippen LogP contribution in [0.25, 0.3) is 22.0 Å². The molecule has 0 saturated carbocycles. The highest BCUT2D eigenvalue weighted by Gasteiger charge is 2.28. The molecule has 0 unspecified atom stereocenters. The normalized spacial score (nSPS) is 11.2. The van der Waals surface area contributed by atoms with Crippen molar-refractivity contribution in [1.29, 1.82) is 0 Å². The number of nitrogens with zero attached hydrogens (tertiary/aromatic N) is 3. The van der Waals surface area contributed by atoms with E-state index in [1.54, 1.807) is 19.3 Å². The molecule has 0 amide bonds. The summed E-state index contributed by atoms with van der Waals surface area (Å²) in [5.74, 6) is -0.251. The quantitative estimate of drug-likeness (QED) is 0.370. The van der Waals surface area contributed by atoms with Gasteiger partial charge in [0.1, 0.15) is 5.75 Å². The Hall–Kier alpha value is -3.84. The Morgan fingerprint density at radius 2 is 1.94 bits per heavy atom. The number of fused-ring (bicyclic) bond motifs is 1. The average Bonchev–Trinajstić information content (AvgIpc) is 3.12. The van der Waals surface area contributed by atoms with E-state index >= 15 is 0 Å². The lowest BCUT2D eigenvalue weighted by Gasteiger charge is -2.17. The molecule has 2 N–H and O–H groups in total. The highest BCUT2D eigenvalue weighted by molar-refractivity contribution is 6.09. The van der Waals surface area contributed by atoms with E-state index in [0.717, 1.165) is 22.5 Å². The number of hydrogen-bond acceptors (Lipinski definition) is 6. The van der Waals surface area contributed by atoms with E-state index in [1.165, 1.54) is 0 Å². The monoisotopic (exact) mass is 458 g/mol. The minimum Gasteiger partial charge on any atom is -0.507 e. The number of carbonyl (C=O) groups is 1. The predicted molar refractivity (Wildman–Crippen MR) is 135 cm³/mol. The van der Waals surface area contributed by atoms with Gasteiger partial charge < -0.3 is 24.6 Å². The first-order chi connectivity index (χ1) is 16.4. The first-order valence-electron chi connectivity index (χ1n) is 11.3. The van der Waals surface area contributed by atoms with Gasteiger partial charge in [-0.25, -0.2) is 4.79 Å². The number of aromatic hydroxyl groups is 1. The summed E-state index contributed by atoms with van der Waals surface area (Å²) in [6, 6.07) is 15.5. The van der Waals surface area contributed by atoms with Gasteiger partial charge in [0.2, 0.25) is 0 Å². The van der Waals surface area contributed by atoms with Gasteiger partial charge in [0.15, 0.2) is 0 Å². The van der Waals surface area contributed by atoms with Crippen LogP contribution in [0.3, 0.4) is 0 Å². The topological polar surface area (TPSA) is 79.6 Å². The molecule has 2 heterocycles. The molecule has 7 heteroatoms. The molecule has 34 heavy (non-hydrogen) atoms. The van der Waals surface area contributed by atoms with Gasteiger partial charge in [-0.3, -0.25) is 4.98 Å². The molecule has 0 fully saturated rings. The second-order valence-corrected chi connectivity index (χ2v) is 8.45. The van der Waals surface area contributed by atoms with Crippen LogP contribution < -0.4 is 5.32 Å². The van der Waals surface area contributed by atoms with Crippen LogP contribution in [0.4, 0.5) is 5.69 Å². The minimum absolute atomic E-state index is 0.146. The average molecular weight is 459 g/mol. The third kappa shape index (κ3) is 4.47. The molecule has 2 aromatic carbocycles. The Morgan fingerprint density at radius 1 is 1.18 bits per heavy atom. The van der Waals surface area contributed by atoms with Crippen LogP contribution in [0.1, 0.15) is 28.5 Å². The van der Waals surface area contributed by atoms with Crippen molar-refractivity contribution in [1.82, 2.24) is 14.5 Å². The summed E-state index contributed by atoms with van der Waals surface area (Å²) in [5.41, 5.74) is 5.25. The van der Waals surface area contributed by atoms with Crippen molar-refractivity contribution in [2.75, 3.05) is 26.0 Å². The van der Waals surface area contributed by atoms with E-state index in [1.807, 2.05) is 79.1 Å². The fourth-order valence-electron chi connectivity index (χ4n) is 4.30. The maximum atomic E-state index is 13.2. The first kappa shape index (κ1) is 23.3. The molecule has 4 aromatic rings. The number of esters is 1. The Bertz CT molecular complexity index is 1300. The van der Waals surface area contributed by atoms with Crippen molar-refractivity contribution in [2.45, 2.75) is 20.0 Å². The van der Waals surface area contributed by atoms with Gasteiger partial charge in [0.05, 0.1) is 29.9 Å². The molecule has 176 valence electrons. The van der Waals surface area contributed by atoms with Crippen molar-refractivity contribution in [2.24, 2.45) is 7.05 Å². The summed E-state index contributed by atoms with van der Waals surface area (Å²) in [6.45, 7) is 2.94. The molecular formula is C27H30N4O3. The summed E-state index contributed by atoms with van der Waals surface area (Å²) in [6.07, 6.45) is 3.43. The number of nitrogens with one attached hydrogen (secondary N) is 1. The molecule has 0 aliphatic rings. The van der Waals surface area contributed by atoms with Crippen molar-refractivity contribution >= 4 is 22.6 Å². The summed E-state index contributed by atoms with van der Waals surface area (Å²) >= 11 is 0. The van der Waals surface area contributed by atoms with Crippen molar-refractivity contribution in [3.63, 3.8) is 0 Å². The van der Waals surface area contributed by atoms with Crippen molar-refractivity contribution in [3.05, 3.63) is 77.7 Å². The zero-order valence-electron chi connectivity index (χ0n) is 20.0. The zero-order valence-corrected chi connectivity index (χ0v) is 20.0. The lowest BCUT2D eigenvalue weighted by Crippen LogP contribution is -2.14. The smallest absolute Gasteiger partial charge is 0.340 e. The van der Waals surface area contributed by atoms with Crippen LogP contribution in [0.2, 0.25) is 0 Å². The van der Waals surface area contributed by atoms with E-state index in [2.05, 4.69) is 10.3 Å². The number of ether oxygens (including phenoxy) is 1. The van der Waals surface area contributed by atoms with Gasteiger partial charge in [0.25, 0.3) is 0 Å². The van der Waals surface area contributed by atoms with Crippen LogP contribution >= 0.6 is 0 Å². The minimum atomic E-state index is -0.397. The summed E-state index contributed by atoms with van der Waals surface area (Å²) < 4.78 is 7.48. The maximum Gasteiger partial charge on any atom is 0.340 e. The third-order valence-corrected chi connectivity index (χ3v) is 5.84. The van der Waals surface area contributed by atoms with E-state index in [9.17, 15) is 9.90 Å². The van der Waals surface area contributed by atoms with E-state index in [-0.39, 0.29) is 12.4 Å². The van der Waals surface area contributed by atoms with Gasteiger partial charge >= 0.3 is 5.97 Å². The second kappa shape index (κ2) is 9.97. The molecule has 7 nitrogen and oxygen atoms in total. The highest BCUT2D eigenvalue weighted by atomic mass is 16.5. The van der Waals surface area contributed by atoms with Gasteiger partial charge in [-0.2, -0.15) is 0 Å². The highest BCUT2D eigenvalue weighted by Crippen LogP contribution is 2.41. The number of benzene rings is 2. The van der Waals surface area contributed by atoms with Crippen LogP contribution in [0.5, 0.6) is 5.75 Å². The molecule has 0 aliphatic carbocycles. The number of aryl methyl sites for hydroxylation is 1. The predicted octanol–water partition coefficient (Wildman–Crippen LogP) is 4.80. The SMILES string of the molecule is CCOC(=O)c1c(CNc2ccccc2)n(C)c2cc(-c3cccnc3)c(O)c(CN(C)C)c12. The summed E-state index contributed by atoms with van der Waals surface area (Å²) in [4.78, 5) is 19.4. The number of rotatable bonds is 8. The van der Waals surface area contributed by atoms with Crippen molar-refractivity contribution < 1.29 is 14.6 Å². The van der Waals surface area contributed by atoms with Gasteiger partial charge in [-0.15, -0.1) is 0 Å². The fraction of sp³-hybridized carbons (Fsp3) is 0.259. The van der Waals surface area contributed by atoms with E-state index in [0.29, 0.717) is 35.2 Å². The number of phenolic OH excluding ortho intramolecular Hbond substituents is 1. The standard InChI is InChI=1S/C27H30N4O3/c1-5-34-27(33)25-23(16-29-19-11-7-6-8-12-19)31(4)22-14-20(18-10-9-13-28-15-18)26(32)21(24(22)25)17-30(2)3/h6-15,29,32H,5,16-17H2,1-4H3. The Labute approximate surface area is 199 Å². The van der Waals surface area contributed by atoms with Gasteiger partial charge in [-0.05, 0) is 45.3 Å². The molecular weight excluding hydrogens is 428 g/mol. The second-order valence-electron chi connectivity index (χ2n) is 8.45. The zero-order chi connectivity index (χ0) is 24.2. The van der Waals surface area contributed by atoms with Gasteiger partial charge in [0, 0.05) is 53.8 Å². The molecule has 4 rings (SSSR count). The molecule has 2 aromatic heterocycles. The number of aromatic nitrogens is 2. The fourth-order valence-corrected chi connectivity index (χ4v) is 4.30. The molecule has 0 bridgehead atoms. The lowest BCUT2D eigenvalue weighted by atomic mass is 9.96. The summed E-state index contributed by atoms with van der Waals surface area (Å²) in [5, 5.41) is 15.5. The molecule has 0 spiro atoms. The van der Waals surface area contributed by atoms with E-state index < -0.39 is 5.97 Å². The number of anilines is 1. The Balaban J connectivity index is 1.98. The van der Waals surface area contributed by atoms with E-state index in [4.69, 9.17) is 4.74 Å². The lowest BCUT2D eigenvalue weighted by molar-refractivity contribution is 0.0527. The van der Waals surface area contributed by atoms with Crippen molar-refractivity contribution in [3.8, 4) is 16.9 Å². The maximum absolute atomic E-state index is 13.2. The third-order valence-electron chi connectivity index (χ3n) is 5.84. The van der Waals surface area contributed by atoms with Crippen LogP contribution in [-0.4, -0.2) is 46.2 Å². The van der Waals surface area contributed by atoms with Gasteiger partial charge in [-0.1, -0.05) is 24.3 Å². The Kier molecular flexibility index (Phi) is 6.84. The van der Waals surface area contributed by atoms with Crippen LogP contribution in [0.15, 0.2) is 60.9 Å². The number of pyridine rings is 1. The summed E-state index contributed by atoms with van der Waals surface area (Å²) in [7, 11) is 5.82. The molecule has 0 atom stereocenters. The van der Waals surface area contributed by atoms with Crippen LogP contribution in [-0.2, 0) is 24.9 Å². The number of hydrogen-bond donors (Lipinski definition) is 2. The molecule has 0 aliphatic heterocycles. The largest absolute Gasteiger partial charge is 0.507 e. The number of para-hydroxylation sites is 1. The first-order valence-corrected chi connectivity index (χ1v) is 11.3. The van der Waals surface area contributed by atoms with Crippen LogP contribution in [0, 0.1) is 0 Å². The number of carbonyl (C=O) groups excluding carboxylic acids is 1. The molecule has 0 saturated heterocycles. The Morgan fingerprint density at radius 3 is 2.59 bits per heavy atom.